The van der Waals surface area contributed by atoms with Crippen LogP contribution in [0.1, 0.15) is 53.9 Å². The molecular formula is C33H51O3PSi2. The van der Waals surface area contributed by atoms with Gasteiger partial charge < -0.3 is 13.7 Å². The summed E-state index contributed by atoms with van der Waals surface area (Å²) in [4.78, 5) is 11.1. The van der Waals surface area contributed by atoms with Gasteiger partial charge in [0.25, 0.3) is 0 Å². The summed E-state index contributed by atoms with van der Waals surface area (Å²) in [7, 11) is -5.23. The van der Waals surface area contributed by atoms with Gasteiger partial charge in [-0.15, -0.1) is 0 Å². The second-order valence-electron chi connectivity index (χ2n) is 13.8. The predicted octanol–water partition coefficient (Wildman–Crippen LogP) is 8.70. The van der Waals surface area contributed by atoms with E-state index in [1.54, 1.807) is 0 Å². The van der Waals surface area contributed by atoms with Crippen LogP contribution in [0.4, 0.5) is 0 Å². The van der Waals surface area contributed by atoms with Crippen molar-refractivity contribution in [3.63, 3.8) is 0 Å². The van der Waals surface area contributed by atoms with Crippen LogP contribution in [0, 0.1) is 5.92 Å². The average Bonchev–Trinajstić information content (AvgIpc) is 2.84. The Bertz CT molecular complexity index is 1030. The highest BCUT2D eigenvalue weighted by Gasteiger charge is 2.45. The standard InChI is InChI=1S/C33H51O3PSi2/c1-26-28(25-33(5,6)38(7,8)34)23-27(24-31(26)36-39(9,10)32(2,3)4)21-22-35-37(29-17-13-11-14-18-29)30-19-15-12-16-20-30/h11-21,28,31,34H,1,22-25H2,2-10H3/b27-21+/t28-,31+/m0/s1. The van der Waals surface area contributed by atoms with Crippen molar-refractivity contribution in [2.45, 2.75) is 96.2 Å². The minimum atomic E-state index is -2.35. The zero-order chi connectivity index (χ0) is 29.1. The second-order valence-corrected chi connectivity index (χ2v) is 24.9. The lowest BCUT2D eigenvalue weighted by Crippen LogP contribution is -2.46. The Hall–Kier alpha value is -1.34. The largest absolute Gasteiger partial charge is 0.432 e. The summed E-state index contributed by atoms with van der Waals surface area (Å²) in [5.41, 5.74) is 2.60. The van der Waals surface area contributed by atoms with Crippen LogP contribution in [0.25, 0.3) is 0 Å². The predicted molar refractivity (Wildman–Crippen MR) is 175 cm³/mol. The lowest BCUT2D eigenvalue weighted by Gasteiger charge is -2.45. The molecule has 1 aliphatic carbocycles. The van der Waals surface area contributed by atoms with Gasteiger partial charge in [-0.1, -0.05) is 114 Å². The van der Waals surface area contributed by atoms with E-state index in [1.165, 1.54) is 21.8 Å². The van der Waals surface area contributed by atoms with E-state index in [9.17, 15) is 4.80 Å². The second kappa shape index (κ2) is 12.7. The van der Waals surface area contributed by atoms with Gasteiger partial charge in [0.2, 0.25) is 0 Å². The minimum Gasteiger partial charge on any atom is -0.432 e. The monoisotopic (exact) mass is 582 g/mol. The van der Waals surface area contributed by atoms with Gasteiger partial charge in [-0.25, -0.2) is 0 Å². The minimum absolute atomic E-state index is 0.0138. The summed E-state index contributed by atoms with van der Waals surface area (Å²) in [6.45, 7) is 25.3. The van der Waals surface area contributed by atoms with E-state index in [0.29, 0.717) is 12.5 Å². The van der Waals surface area contributed by atoms with Crippen molar-refractivity contribution in [2.24, 2.45) is 5.92 Å². The van der Waals surface area contributed by atoms with Crippen LogP contribution in [0.15, 0.2) is 84.5 Å². The van der Waals surface area contributed by atoms with Gasteiger partial charge in [0.1, 0.15) is 0 Å². The smallest absolute Gasteiger partial charge is 0.192 e. The quantitative estimate of drug-likeness (QED) is 0.173. The van der Waals surface area contributed by atoms with Gasteiger partial charge >= 0.3 is 0 Å². The Balaban J connectivity index is 1.86. The highest BCUT2D eigenvalue weighted by molar-refractivity contribution is 7.68. The molecule has 0 amide bonds. The van der Waals surface area contributed by atoms with Crippen LogP contribution < -0.4 is 10.6 Å². The molecule has 0 heterocycles. The van der Waals surface area contributed by atoms with Crippen molar-refractivity contribution in [1.82, 2.24) is 0 Å². The maximum Gasteiger partial charge on any atom is 0.192 e. The Labute approximate surface area is 241 Å². The normalized spacial score (nSPS) is 20.6. The van der Waals surface area contributed by atoms with E-state index in [1.807, 2.05) is 0 Å². The molecule has 0 bridgehead atoms. The zero-order valence-electron chi connectivity index (χ0n) is 25.8. The summed E-state index contributed by atoms with van der Waals surface area (Å²) in [5, 5.41) is 2.47. The zero-order valence-corrected chi connectivity index (χ0v) is 28.6. The van der Waals surface area contributed by atoms with Crippen molar-refractivity contribution in [2.75, 3.05) is 6.61 Å². The van der Waals surface area contributed by atoms with E-state index >= 15 is 0 Å². The molecule has 0 saturated heterocycles. The number of hydrogen-bond acceptors (Lipinski definition) is 3. The average molecular weight is 583 g/mol. The molecule has 0 aromatic heterocycles. The van der Waals surface area contributed by atoms with E-state index in [-0.39, 0.29) is 16.2 Å². The molecule has 2 atom stereocenters. The summed E-state index contributed by atoms with van der Waals surface area (Å²) in [6, 6.07) is 21.1. The molecule has 0 aliphatic heterocycles. The maximum absolute atomic E-state index is 11.1. The molecule has 2 aromatic rings. The number of rotatable bonds is 10. The Morgan fingerprint density at radius 1 is 0.897 bits per heavy atom. The molecule has 3 nitrogen and oxygen atoms in total. The molecule has 214 valence electrons. The van der Waals surface area contributed by atoms with Crippen molar-refractivity contribution in [3.05, 3.63) is 84.5 Å². The van der Waals surface area contributed by atoms with Crippen molar-refractivity contribution >= 4 is 35.4 Å². The van der Waals surface area contributed by atoms with Gasteiger partial charge in [0.05, 0.1) is 20.9 Å². The summed E-state index contributed by atoms with van der Waals surface area (Å²) < 4.78 is 13.6. The highest BCUT2D eigenvalue weighted by atomic mass is 31.1. The Morgan fingerprint density at radius 2 is 1.41 bits per heavy atom. The Kier molecular flexibility index (Phi) is 10.5. The fourth-order valence-corrected chi connectivity index (χ4v) is 8.45. The number of benzene rings is 2. The van der Waals surface area contributed by atoms with Crippen LogP contribution in [-0.2, 0) is 8.95 Å². The van der Waals surface area contributed by atoms with Crippen LogP contribution in [0.3, 0.4) is 0 Å². The van der Waals surface area contributed by atoms with Crippen LogP contribution in [0.5, 0.6) is 0 Å². The van der Waals surface area contributed by atoms with Crippen molar-refractivity contribution < 1.29 is 13.7 Å². The van der Waals surface area contributed by atoms with Gasteiger partial charge in [0.15, 0.2) is 16.6 Å². The van der Waals surface area contributed by atoms with Crippen molar-refractivity contribution in [1.29, 1.82) is 0 Å². The molecule has 0 unspecified atom stereocenters. The molecule has 39 heavy (non-hydrogen) atoms. The first-order valence-corrected chi connectivity index (χ1v) is 21.4. The van der Waals surface area contributed by atoms with E-state index < -0.39 is 24.8 Å². The summed E-state index contributed by atoms with van der Waals surface area (Å²) in [5.74, 6) is 0.290. The molecule has 1 saturated carbocycles. The van der Waals surface area contributed by atoms with E-state index in [2.05, 4.69) is 134 Å². The fraction of sp³-hybridized carbons (Fsp3) is 0.515. The van der Waals surface area contributed by atoms with E-state index in [0.717, 1.165) is 19.3 Å². The molecular weight excluding hydrogens is 532 g/mol. The molecule has 6 heteroatoms. The molecule has 1 N–H and O–H groups in total. The highest BCUT2D eigenvalue weighted by Crippen LogP contribution is 2.49. The molecule has 1 aliphatic rings. The fourth-order valence-electron chi connectivity index (χ4n) is 4.70. The van der Waals surface area contributed by atoms with Crippen molar-refractivity contribution in [3.8, 4) is 0 Å². The Morgan fingerprint density at radius 3 is 1.87 bits per heavy atom. The molecule has 0 radical (unpaired) electrons. The lowest BCUT2D eigenvalue weighted by molar-refractivity contribution is 0.180. The van der Waals surface area contributed by atoms with E-state index in [4.69, 9.17) is 8.95 Å². The lowest BCUT2D eigenvalue weighted by atomic mass is 9.76. The molecule has 1 fully saturated rings. The maximum atomic E-state index is 11.1. The van der Waals surface area contributed by atoms with Gasteiger partial charge in [-0.2, -0.15) is 0 Å². The topological polar surface area (TPSA) is 38.7 Å². The van der Waals surface area contributed by atoms with Crippen LogP contribution in [0.2, 0.25) is 36.3 Å². The first-order valence-electron chi connectivity index (χ1n) is 14.3. The SMILES string of the molecule is C=C1[C@H](CC(C)(C)[Si](C)(C)O)C/C(=C\COP(c2ccccc2)c2ccccc2)C[C@H]1O[Si](C)(C)C(C)(C)C. The third kappa shape index (κ3) is 8.34. The first-order chi connectivity index (χ1) is 18.0. The van der Waals surface area contributed by atoms with Gasteiger partial charge in [-0.05, 0) is 67.0 Å². The summed E-state index contributed by atoms with van der Waals surface area (Å²) in [6.07, 6.45) is 5.08. The molecule has 0 spiro atoms. The van der Waals surface area contributed by atoms with Crippen LogP contribution >= 0.6 is 8.15 Å². The van der Waals surface area contributed by atoms with Gasteiger partial charge in [0, 0.05) is 10.6 Å². The third-order valence-corrected chi connectivity index (χ3v) is 19.1. The number of hydrogen-bond donors (Lipinski definition) is 1. The molecule has 2 aromatic carbocycles. The van der Waals surface area contributed by atoms with Crippen LogP contribution in [-0.4, -0.2) is 34.1 Å². The third-order valence-electron chi connectivity index (χ3n) is 9.11. The van der Waals surface area contributed by atoms with Gasteiger partial charge in [-0.3, -0.25) is 0 Å². The first kappa shape index (κ1) is 32.2. The summed E-state index contributed by atoms with van der Waals surface area (Å²) >= 11 is 0. The molecule has 3 rings (SSSR count).